The third-order valence-electron chi connectivity index (χ3n) is 5.85. The van der Waals surface area contributed by atoms with Gasteiger partial charge in [-0.25, -0.2) is 4.79 Å². The molecular weight excluding hydrogens is 414 g/mol. The Balaban J connectivity index is 1.54. The first kappa shape index (κ1) is 21.9. The van der Waals surface area contributed by atoms with Gasteiger partial charge in [0.2, 0.25) is 0 Å². The molecule has 2 fully saturated rings. The lowest BCUT2D eigenvalue weighted by molar-refractivity contribution is 0.101. The van der Waals surface area contributed by atoms with Crippen LogP contribution in [0.1, 0.15) is 29.8 Å². The summed E-state index contributed by atoms with van der Waals surface area (Å²) < 4.78 is 14.1. The number of piperazine rings is 1. The lowest BCUT2D eigenvalue weighted by atomic mass is 10.1. The second-order valence-corrected chi connectivity index (χ2v) is 8.05. The van der Waals surface area contributed by atoms with Gasteiger partial charge in [0.1, 0.15) is 6.26 Å². The molecule has 1 N–H and O–H groups in total. The van der Waals surface area contributed by atoms with Crippen molar-refractivity contribution in [1.29, 1.82) is 0 Å². The quantitative estimate of drug-likeness (QED) is 0.699. The van der Waals surface area contributed by atoms with Crippen LogP contribution in [0, 0.1) is 0 Å². The largest absolute Gasteiger partial charge is 0.517 e. The summed E-state index contributed by atoms with van der Waals surface area (Å²) in [7, 11) is 3.31. The number of amides is 1. The number of nitrogens with one attached hydrogen (secondary N) is 1. The van der Waals surface area contributed by atoms with E-state index in [1.165, 1.54) is 13.5 Å². The number of aromatic nitrogens is 1. The molecule has 10 heteroatoms. The molecule has 0 saturated carbocycles. The van der Waals surface area contributed by atoms with Gasteiger partial charge < -0.3 is 33.9 Å². The van der Waals surface area contributed by atoms with E-state index in [9.17, 15) is 9.59 Å². The summed E-state index contributed by atoms with van der Waals surface area (Å²) in [4.78, 5) is 34.9. The van der Waals surface area contributed by atoms with Gasteiger partial charge >= 0.3 is 12.2 Å². The summed E-state index contributed by atoms with van der Waals surface area (Å²) >= 11 is 0. The summed E-state index contributed by atoms with van der Waals surface area (Å²) in [6.45, 7) is 5.92. The first-order chi connectivity index (χ1) is 15.5. The Bertz CT molecular complexity index is 948. The van der Waals surface area contributed by atoms with Crippen LogP contribution < -0.4 is 19.9 Å². The highest BCUT2D eigenvalue weighted by atomic mass is 16.8. The molecule has 0 aliphatic carbocycles. The van der Waals surface area contributed by atoms with Crippen LogP contribution >= 0.6 is 0 Å². The molecule has 0 unspecified atom stereocenters. The Hall–Kier alpha value is -3.27. The van der Waals surface area contributed by atoms with Crippen LogP contribution in [0.25, 0.3) is 0 Å². The molecule has 0 spiro atoms. The molecule has 0 radical (unpaired) electrons. The van der Waals surface area contributed by atoms with E-state index in [1.807, 2.05) is 12.1 Å². The standard InChI is InChI=1S/C22H29N5O5/c1-25-10-12-26(13-11-25)16-6-7-17(19(14-16)27-8-4-3-5-9-27)23-20(28)18-15-31-21(24-18)32-22(29)30-2/h6-7,14-15H,3-5,8-13H2,1-2H3,(H,23,28). The molecule has 2 saturated heterocycles. The maximum absolute atomic E-state index is 12.8. The van der Waals surface area contributed by atoms with E-state index >= 15 is 0 Å². The first-order valence-corrected chi connectivity index (χ1v) is 10.9. The minimum Gasteiger partial charge on any atom is -0.437 e. The highest BCUT2D eigenvalue weighted by molar-refractivity contribution is 6.04. The Morgan fingerprint density at radius 1 is 1.03 bits per heavy atom. The minimum absolute atomic E-state index is 0.0108. The molecule has 1 aromatic heterocycles. The maximum Gasteiger partial charge on any atom is 0.517 e. The number of ether oxygens (including phenoxy) is 2. The van der Waals surface area contributed by atoms with Crippen molar-refractivity contribution in [2.75, 3.05) is 68.5 Å². The fourth-order valence-corrected chi connectivity index (χ4v) is 3.99. The number of carbonyl (C=O) groups is 2. The predicted molar refractivity (Wildman–Crippen MR) is 120 cm³/mol. The van der Waals surface area contributed by atoms with Crippen LogP contribution in [-0.2, 0) is 4.74 Å². The first-order valence-electron chi connectivity index (χ1n) is 10.9. The predicted octanol–water partition coefficient (Wildman–Crippen LogP) is 2.81. The van der Waals surface area contributed by atoms with Gasteiger partial charge in [-0.3, -0.25) is 4.79 Å². The van der Waals surface area contributed by atoms with Gasteiger partial charge in [0, 0.05) is 45.0 Å². The van der Waals surface area contributed by atoms with Crippen molar-refractivity contribution >= 4 is 29.1 Å². The maximum atomic E-state index is 12.8. The minimum atomic E-state index is -0.967. The zero-order valence-electron chi connectivity index (χ0n) is 18.5. The number of nitrogens with zero attached hydrogens (tertiary/aromatic N) is 4. The van der Waals surface area contributed by atoms with Crippen molar-refractivity contribution < 1.29 is 23.5 Å². The van der Waals surface area contributed by atoms with Crippen LogP contribution in [0.5, 0.6) is 6.08 Å². The van der Waals surface area contributed by atoms with Crippen LogP contribution in [-0.4, -0.2) is 75.4 Å². The van der Waals surface area contributed by atoms with Crippen LogP contribution in [0.2, 0.25) is 0 Å². The monoisotopic (exact) mass is 443 g/mol. The number of rotatable bonds is 5. The molecule has 2 aliphatic heterocycles. The van der Waals surface area contributed by atoms with Crippen molar-refractivity contribution in [2.24, 2.45) is 0 Å². The summed E-state index contributed by atoms with van der Waals surface area (Å²) in [6.07, 6.45) is 3.31. The van der Waals surface area contributed by atoms with E-state index in [2.05, 4.69) is 42.9 Å². The summed E-state index contributed by atoms with van der Waals surface area (Å²) in [5.74, 6) is -0.445. The van der Waals surface area contributed by atoms with Crippen molar-refractivity contribution in [3.63, 3.8) is 0 Å². The van der Waals surface area contributed by atoms with Crippen LogP contribution in [0.4, 0.5) is 21.9 Å². The zero-order valence-corrected chi connectivity index (χ0v) is 18.5. The average molecular weight is 444 g/mol. The lowest BCUT2D eigenvalue weighted by Gasteiger charge is -2.36. The molecule has 4 rings (SSSR count). The second kappa shape index (κ2) is 9.90. The summed E-state index contributed by atoms with van der Waals surface area (Å²) in [6, 6.07) is 6.16. The highest BCUT2D eigenvalue weighted by Gasteiger charge is 2.22. The molecule has 2 aliphatic rings. The Morgan fingerprint density at radius 3 is 2.50 bits per heavy atom. The topological polar surface area (TPSA) is 100 Å². The Kier molecular flexibility index (Phi) is 6.79. The number of hydrogen-bond donors (Lipinski definition) is 1. The molecule has 0 bridgehead atoms. The van der Waals surface area contributed by atoms with E-state index in [0.717, 1.165) is 69.7 Å². The highest BCUT2D eigenvalue weighted by Crippen LogP contribution is 2.33. The fourth-order valence-electron chi connectivity index (χ4n) is 3.99. The van der Waals surface area contributed by atoms with Crippen LogP contribution in [0.3, 0.4) is 0 Å². The lowest BCUT2D eigenvalue weighted by Crippen LogP contribution is -2.44. The van der Waals surface area contributed by atoms with Crippen molar-refractivity contribution in [2.45, 2.75) is 19.3 Å². The number of benzene rings is 1. The molecule has 32 heavy (non-hydrogen) atoms. The fraction of sp³-hybridized carbons (Fsp3) is 0.500. The van der Waals surface area contributed by atoms with Gasteiger partial charge in [-0.05, 0) is 44.5 Å². The average Bonchev–Trinajstić information content (AvgIpc) is 3.29. The second-order valence-electron chi connectivity index (χ2n) is 8.05. The molecule has 1 amide bonds. The normalized spacial score (nSPS) is 17.2. The van der Waals surface area contributed by atoms with Gasteiger partial charge in [-0.15, -0.1) is 0 Å². The molecule has 0 atom stereocenters. The molecule has 10 nitrogen and oxygen atoms in total. The third-order valence-corrected chi connectivity index (χ3v) is 5.85. The van der Waals surface area contributed by atoms with E-state index in [-0.39, 0.29) is 11.8 Å². The van der Waals surface area contributed by atoms with Crippen molar-refractivity contribution in [3.05, 3.63) is 30.2 Å². The SMILES string of the molecule is COC(=O)Oc1nc(C(=O)Nc2ccc(N3CCN(C)CC3)cc2N2CCCCC2)co1. The number of likely N-dealkylation sites (N-methyl/N-ethyl adjacent to an activating group) is 1. The van der Waals surface area contributed by atoms with Gasteiger partial charge in [0.15, 0.2) is 5.69 Å². The number of oxazole rings is 1. The Morgan fingerprint density at radius 2 is 1.78 bits per heavy atom. The van der Waals surface area contributed by atoms with E-state index < -0.39 is 12.1 Å². The smallest absolute Gasteiger partial charge is 0.437 e. The molecular formula is C22H29N5O5. The van der Waals surface area contributed by atoms with E-state index in [1.54, 1.807) is 0 Å². The Labute approximate surface area is 187 Å². The van der Waals surface area contributed by atoms with Gasteiger partial charge in [-0.2, -0.15) is 4.98 Å². The van der Waals surface area contributed by atoms with Crippen LogP contribution in [0.15, 0.2) is 28.9 Å². The molecule has 3 heterocycles. The zero-order chi connectivity index (χ0) is 22.5. The number of anilines is 3. The number of hydrogen-bond acceptors (Lipinski definition) is 9. The van der Waals surface area contributed by atoms with E-state index in [0.29, 0.717) is 5.69 Å². The van der Waals surface area contributed by atoms with Crippen molar-refractivity contribution in [3.8, 4) is 6.08 Å². The van der Waals surface area contributed by atoms with Gasteiger partial charge in [-0.1, -0.05) is 0 Å². The van der Waals surface area contributed by atoms with Crippen molar-refractivity contribution in [1.82, 2.24) is 9.88 Å². The molecule has 2 aromatic rings. The number of carbonyl (C=O) groups excluding carboxylic acids is 2. The summed E-state index contributed by atoms with van der Waals surface area (Å²) in [5, 5.41) is 2.94. The van der Waals surface area contributed by atoms with Gasteiger partial charge in [0.25, 0.3) is 5.91 Å². The number of piperidine rings is 1. The van der Waals surface area contributed by atoms with E-state index in [4.69, 9.17) is 9.15 Å². The molecule has 1 aromatic carbocycles. The number of methoxy groups -OCH3 is 1. The molecule has 172 valence electrons. The third kappa shape index (κ3) is 5.13. The van der Waals surface area contributed by atoms with Gasteiger partial charge in [0.05, 0.1) is 18.5 Å². The summed E-state index contributed by atoms with van der Waals surface area (Å²) in [5.41, 5.74) is 2.89.